The van der Waals surface area contributed by atoms with E-state index in [0.29, 0.717) is 24.1 Å². The van der Waals surface area contributed by atoms with Crippen molar-refractivity contribution in [1.82, 2.24) is 0 Å². The second-order valence-corrected chi connectivity index (χ2v) is 4.57. The van der Waals surface area contributed by atoms with E-state index in [0.717, 1.165) is 12.8 Å². The molecular weight excluding hydrogens is 196 g/mol. The topological polar surface area (TPSA) is 26.0 Å². The molecule has 0 atom stereocenters. The van der Waals surface area contributed by atoms with E-state index in [1.54, 1.807) is 6.92 Å². The Morgan fingerprint density at radius 2 is 1.93 bits per heavy atom. The molecule has 2 rings (SSSR count). The molecule has 1 aliphatic rings. The summed E-state index contributed by atoms with van der Waals surface area (Å²) in [4.78, 5) is 0. The van der Waals surface area contributed by atoms with Crippen molar-refractivity contribution < 1.29 is 8.78 Å². The molecule has 1 nitrogen and oxygen atoms in total. The molecule has 0 unspecified atom stereocenters. The maximum absolute atomic E-state index is 13.5. The van der Waals surface area contributed by atoms with Crippen LogP contribution in [0.4, 0.5) is 8.78 Å². The number of benzene rings is 1. The van der Waals surface area contributed by atoms with E-state index in [-0.39, 0.29) is 17.0 Å². The van der Waals surface area contributed by atoms with Gasteiger partial charge in [-0.05, 0) is 61.4 Å². The van der Waals surface area contributed by atoms with Crippen molar-refractivity contribution >= 4 is 0 Å². The van der Waals surface area contributed by atoms with E-state index in [4.69, 9.17) is 5.73 Å². The van der Waals surface area contributed by atoms with Gasteiger partial charge in [0, 0.05) is 0 Å². The van der Waals surface area contributed by atoms with Crippen molar-refractivity contribution in [1.29, 1.82) is 0 Å². The zero-order valence-electron chi connectivity index (χ0n) is 8.82. The van der Waals surface area contributed by atoms with Crippen LogP contribution in [0.2, 0.25) is 0 Å². The van der Waals surface area contributed by atoms with Crippen LogP contribution in [0, 0.1) is 24.0 Å². The minimum atomic E-state index is -0.334. The molecule has 1 aromatic carbocycles. The minimum Gasteiger partial charge on any atom is -0.330 e. The number of aryl methyl sites for hydroxylation is 1. The maximum atomic E-state index is 13.5. The lowest BCUT2D eigenvalue weighted by atomic mass is 9.95. The number of nitrogens with two attached hydrogens (primary N) is 1. The van der Waals surface area contributed by atoms with E-state index < -0.39 is 0 Å². The fourth-order valence-corrected chi connectivity index (χ4v) is 1.86. The highest BCUT2D eigenvalue weighted by Crippen LogP contribution is 2.47. The van der Waals surface area contributed by atoms with Gasteiger partial charge in [-0.25, -0.2) is 8.78 Å². The van der Waals surface area contributed by atoms with Crippen LogP contribution in [0.3, 0.4) is 0 Å². The first-order chi connectivity index (χ1) is 7.06. The van der Waals surface area contributed by atoms with Gasteiger partial charge < -0.3 is 5.73 Å². The molecule has 1 fully saturated rings. The summed E-state index contributed by atoms with van der Waals surface area (Å²) in [5, 5.41) is 0. The largest absolute Gasteiger partial charge is 0.330 e. The Kier molecular flexibility index (Phi) is 2.51. The van der Waals surface area contributed by atoms with Gasteiger partial charge in [-0.15, -0.1) is 0 Å². The smallest absolute Gasteiger partial charge is 0.126 e. The summed E-state index contributed by atoms with van der Waals surface area (Å²) in [6.07, 6.45) is 2.61. The molecule has 0 aromatic heterocycles. The highest BCUT2D eigenvalue weighted by atomic mass is 19.1. The number of rotatable bonds is 3. The summed E-state index contributed by atoms with van der Waals surface area (Å²) in [5.41, 5.74) is 6.48. The molecule has 0 spiro atoms. The van der Waals surface area contributed by atoms with E-state index >= 15 is 0 Å². The lowest BCUT2D eigenvalue weighted by Crippen LogP contribution is -2.18. The molecule has 0 amide bonds. The van der Waals surface area contributed by atoms with Crippen LogP contribution >= 0.6 is 0 Å². The van der Waals surface area contributed by atoms with Crippen LogP contribution in [0.25, 0.3) is 0 Å². The third-order valence-corrected chi connectivity index (χ3v) is 3.28. The highest BCUT2D eigenvalue weighted by Gasteiger charge is 2.41. The minimum absolute atomic E-state index is 0.0442. The molecule has 0 aliphatic heterocycles. The predicted molar refractivity (Wildman–Crippen MR) is 55.5 cm³/mol. The molecule has 15 heavy (non-hydrogen) atoms. The summed E-state index contributed by atoms with van der Waals surface area (Å²) < 4.78 is 26.8. The summed E-state index contributed by atoms with van der Waals surface area (Å²) in [5.74, 6) is -0.646. The summed E-state index contributed by atoms with van der Waals surface area (Å²) in [7, 11) is 0. The average Bonchev–Trinajstić information content (AvgIpc) is 2.95. The second-order valence-electron chi connectivity index (χ2n) is 4.57. The molecule has 0 saturated heterocycles. The van der Waals surface area contributed by atoms with Crippen molar-refractivity contribution in [2.45, 2.75) is 26.2 Å². The van der Waals surface area contributed by atoms with Crippen molar-refractivity contribution in [2.75, 3.05) is 6.54 Å². The molecule has 1 aliphatic carbocycles. The molecule has 2 N–H and O–H groups in total. The van der Waals surface area contributed by atoms with Crippen molar-refractivity contribution in [2.24, 2.45) is 11.1 Å². The number of hydrogen-bond acceptors (Lipinski definition) is 1. The molecular formula is C12H15F2N. The molecule has 0 radical (unpaired) electrons. The number of halogens is 2. The van der Waals surface area contributed by atoms with Crippen LogP contribution in [-0.2, 0) is 6.42 Å². The Hall–Kier alpha value is -0.960. The van der Waals surface area contributed by atoms with Crippen LogP contribution < -0.4 is 5.73 Å². The van der Waals surface area contributed by atoms with Crippen molar-refractivity contribution in [3.63, 3.8) is 0 Å². The van der Waals surface area contributed by atoms with E-state index in [2.05, 4.69) is 0 Å². The van der Waals surface area contributed by atoms with Gasteiger partial charge in [-0.2, -0.15) is 0 Å². The third-order valence-electron chi connectivity index (χ3n) is 3.28. The van der Waals surface area contributed by atoms with Gasteiger partial charge in [-0.1, -0.05) is 0 Å². The first kappa shape index (κ1) is 10.6. The fourth-order valence-electron chi connectivity index (χ4n) is 1.86. The Morgan fingerprint density at radius 3 is 2.47 bits per heavy atom. The van der Waals surface area contributed by atoms with Crippen LogP contribution in [0.5, 0.6) is 0 Å². The normalized spacial score (nSPS) is 17.9. The molecule has 3 heteroatoms. The van der Waals surface area contributed by atoms with Crippen LogP contribution in [-0.4, -0.2) is 6.54 Å². The summed E-state index contributed by atoms with van der Waals surface area (Å²) >= 11 is 0. The molecule has 0 heterocycles. The number of hydrogen-bond donors (Lipinski definition) is 1. The van der Waals surface area contributed by atoms with Gasteiger partial charge in [0.15, 0.2) is 0 Å². The third kappa shape index (κ3) is 2.02. The lowest BCUT2D eigenvalue weighted by Gasteiger charge is -2.13. The SMILES string of the molecule is Cc1cc(F)c(CC2(CN)CC2)cc1F. The Morgan fingerprint density at radius 1 is 1.27 bits per heavy atom. The van der Waals surface area contributed by atoms with Gasteiger partial charge in [-0.3, -0.25) is 0 Å². The van der Waals surface area contributed by atoms with Gasteiger partial charge >= 0.3 is 0 Å². The molecule has 82 valence electrons. The monoisotopic (exact) mass is 211 g/mol. The Labute approximate surface area is 88.3 Å². The predicted octanol–water partition coefficient (Wildman–Crippen LogP) is 2.55. The maximum Gasteiger partial charge on any atom is 0.126 e. The standard InChI is InChI=1S/C12H15F2N/c1-8-4-11(14)9(5-10(8)13)6-12(7-15)2-3-12/h4-5H,2-3,6-7,15H2,1H3. The van der Waals surface area contributed by atoms with Gasteiger partial charge in [0.2, 0.25) is 0 Å². The summed E-state index contributed by atoms with van der Waals surface area (Å²) in [6.45, 7) is 2.12. The van der Waals surface area contributed by atoms with Crippen molar-refractivity contribution in [3.8, 4) is 0 Å². The first-order valence-electron chi connectivity index (χ1n) is 5.21. The second kappa shape index (κ2) is 3.56. The Bertz CT molecular complexity index is 383. The molecule has 1 saturated carbocycles. The zero-order chi connectivity index (χ0) is 11.1. The zero-order valence-corrected chi connectivity index (χ0v) is 8.82. The van der Waals surface area contributed by atoms with Crippen LogP contribution in [0.15, 0.2) is 12.1 Å². The van der Waals surface area contributed by atoms with Gasteiger partial charge in [0.05, 0.1) is 0 Å². The quantitative estimate of drug-likeness (QED) is 0.817. The van der Waals surface area contributed by atoms with Gasteiger partial charge in [0.1, 0.15) is 11.6 Å². The molecule has 0 bridgehead atoms. The molecule has 1 aromatic rings. The van der Waals surface area contributed by atoms with E-state index in [9.17, 15) is 8.78 Å². The van der Waals surface area contributed by atoms with Gasteiger partial charge in [0.25, 0.3) is 0 Å². The highest BCUT2D eigenvalue weighted by molar-refractivity contribution is 5.27. The van der Waals surface area contributed by atoms with Crippen LogP contribution in [0.1, 0.15) is 24.0 Å². The van der Waals surface area contributed by atoms with E-state index in [1.165, 1.54) is 12.1 Å². The summed E-state index contributed by atoms with van der Waals surface area (Å²) in [6, 6.07) is 2.57. The fraction of sp³-hybridized carbons (Fsp3) is 0.500. The average molecular weight is 211 g/mol. The van der Waals surface area contributed by atoms with Crippen molar-refractivity contribution in [3.05, 3.63) is 34.9 Å². The first-order valence-corrected chi connectivity index (χ1v) is 5.21. The van der Waals surface area contributed by atoms with E-state index in [1.807, 2.05) is 0 Å². The lowest BCUT2D eigenvalue weighted by molar-refractivity contribution is 0.494. The Balaban J connectivity index is 2.25.